The number of aryl methyl sites for hydroxylation is 3. The first-order valence-corrected chi connectivity index (χ1v) is 9.64. The number of para-hydroxylation sites is 2. The van der Waals surface area contributed by atoms with Crippen LogP contribution in [0.2, 0.25) is 0 Å². The van der Waals surface area contributed by atoms with Gasteiger partial charge in [-0.3, -0.25) is 14.2 Å². The SMILES string of the molecule is Cc1cc(C)c(-n2c(=O)c3c(=O)c4ccccc4c=3[nH]c3ccccc32)c(C)c1. The van der Waals surface area contributed by atoms with E-state index in [1.807, 2.05) is 63.2 Å². The van der Waals surface area contributed by atoms with Gasteiger partial charge < -0.3 is 4.98 Å². The smallest absolute Gasteiger partial charge is 0.269 e. The summed E-state index contributed by atoms with van der Waals surface area (Å²) in [6.07, 6.45) is 0. The van der Waals surface area contributed by atoms with Crippen molar-refractivity contribution >= 4 is 21.8 Å². The molecule has 3 aromatic carbocycles. The first-order valence-electron chi connectivity index (χ1n) is 9.64. The molecular formula is C25H20N2O2. The number of hydrogen-bond donors (Lipinski definition) is 1. The summed E-state index contributed by atoms with van der Waals surface area (Å²) < 4.78 is 1.69. The van der Waals surface area contributed by atoms with Gasteiger partial charge in [0.2, 0.25) is 5.43 Å². The number of nitrogens with zero attached hydrogens (tertiary/aromatic N) is 1. The number of fused-ring (bicyclic) bond motifs is 3. The van der Waals surface area contributed by atoms with Gasteiger partial charge in [-0.15, -0.1) is 0 Å². The maximum atomic E-state index is 13.9. The summed E-state index contributed by atoms with van der Waals surface area (Å²) in [5.74, 6) is 0. The van der Waals surface area contributed by atoms with Gasteiger partial charge in [0.1, 0.15) is 5.22 Å². The van der Waals surface area contributed by atoms with Crippen LogP contribution < -0.4 is 11.0 Å². The van der Waals surface area contributed by atoms with Crippen molar-refractivity contribution in [1.82, 2.24) is 9.55 Å². The molecule has 29 heavy (non-hydrogen) atoms. The highest BCUT2D eigenvalue weighted by molar-refractivity contribution is 5.85. The van der Waals surface area contributed by atoms with Crippen molar-refractivity contribution in [2.75, 3.05) is 0 Å². The van der Waals surface area contributed by atoms with Gasteiger partial charge in [-0.2, -0.15) is 0 Å². The normalized spacial score (nSPS) is 11.6. The Morgan fingerprint density at radius 1 is 0.793 bits per heavy atom. The van der Waals surface area contributed by atoms with E-state index in [-0.39, 0.29) is 16.2 Å². The molecule has 0 bridgehead atoms. The van der Waals surface area contributed by atoms with E-state index < -0.39 is 0 Å². The highest BCUT2D eigenvalue weighted by Crippen LogP contribution is 2.23. The van der Waals surface area contributed by atoms with Gasteiger partial charge in [-0.05, 0) is 44.0 Å². The largest absolute Gasteiger partial charge is 0.353 e. The van der Waals surface area contributed by atoms with Crippen molar-refractivity contribution in [2.24, 2.45) is 0 Å². The topological polar surface area (TPSA) is 54.9 Å². The van der Waals surface area contributed by atoms with Gasteiger partial charge in [-0.1, -0.05) is 54.1 Å². The number of rotatable bonds is 1. The van der Waals surface area contributed by atoms with Crippen LogP contribution in [-0.2, 0) is 0 Å². The molecule has 1 aliphatic carbocycles. The van der Waals surface area contributed by atoms with Crippen molar-refractivity contribution in [1.29, 1.82) is 0 Å². The van der Waals surface area contributed by atoms with E-state index in [0.29, 0.717) is 10.7 Å². The molecule has 3 aromatic rings. The average Bonchev–Trinajstić information content (AvgIpc) is 2.89. The maximum Gasteiger partial charge on any atom is 0.269 e. The number of benzene rings is 3. The number of hydrogen-bond acceptors (Lipinski definition) is 2. The van der Waals surface area contributed by atoms with E-state index in [1.54, 1.807) is 10.6 Å². The molecule has 142 valence electrons. The Morgan fingerprint density at radius 2 is 1.41 bits per heavy atom. The Morgan fingerprint density at radius 3 is 2.14 bits per heavy atom. The van der Waals surface area contributed by atoms with Crippen molar-refractivity contribution in [3.8, 4) is 5.69 Å². The molecule has 1 aliphatic heterocycles. The number of aromatic amines is 1. The summed E-state index contributed by atoms with van der Waals surface area (Å²) in [7, 11) is 0. The van der Waals surface area contributed by atoms with E-state index >= 15 is 0 Å². The van der Waals surface area contributed by atoms with Crippen LogP contribution in [0.5, 0.6) is 0 Å². The fourth-order valence-electron chi connectivity index (χ4n) is 4.49. The third kappa shape index (κ3) is 2.46. The van der Waals surface area contributed by atoms with Gasteiger partial charge in [0.15, 0.2) is 0 Å². The summed E-state index contributed by atoms with van der Waals surface area (Å²) in [4.78, 5) is 30.5. The lowest BCUT2D eigenvalue weighted by Gasteiger charge is -2.14. The Hall–Kier alpha value is -3.66. The highest BCUT2D eigenvalue weighted by Gasteiger charge is 2.16. The maximum absolute atomic E-state index is 13.9. The molecule has 5 rings (SSSR count). The average molecular weight is 380 g/mol. The van der Waals surface area contributed by atoms with Crippen LogP contribution in [0.25, 0.3) is 27.5 Å². The second-order valence-electron chi connectivity index (χ2n) is 7.65. The summed E-state index contributed by atoms with van der Waals surface area (Å²) in [5.41, 5.74) is 4.98. The zero-order valence-electron chi connectivity index (χ0n) is 16.5. The molecule has 0 spiro atoms. The number of aromatic nitrogens is 2. The summed E-state index contributed by atoms with van der Waals surface area (Å²) in [6.45, 7) is 6.05. The van der Waals surface area contributed by atoms with Crippen molar-refractivity contribution in [3.05, 3.63) is 108 Å². The molecule has 1 heterocycles. The molecule has 1 N–H and O–H groups in total. The molecule has 0 atom stereocenters. The third-order valence-corrected chi connectivity index (χ3v) is 5.60. The second-order valence-corrected chi connectivity index (χ2v) is 7.65. The predicted molar refractivity (Wildman–Crippen MR) is 117 cm³/mol. The van der Waals surface area contributed by atoms with Crippen LogP contribution in [0.15, 0.2) is 70.3 Å². The lowest BCUT2D eigenvalue weighted by molar-refractivity contribution is 1.00. The van der Waals surface area contributed by atoms with Crippen LogP contribution in [0, 0.1) is 31.3 Å². The molecule has 4 nitrogen and oxygen atoms in total. The second kappa shape index (κ2) is 6.17. The molecule has 0 amide bonds. The Kier molecular flexibility index (Phi) is 3.71. The minimum Gasteiger partial charge on any atom is -0.353 e. The fourth-order valence-corrected chi connectivity index (χ4v) is 4.49. The summed E-state index contributed by atoms with van der Waals surface area (Å²) in [5, 5.41) is 2.12. The standard InChI is InChI=1S/C25H20N2O2/c1-14-12-15(2)23(16(3)13-14)27-20-11-7-6-10-19(20)26-22-17-8-4-5-9-18(17)24(28)21(22)25(27)29/h4-13,26H,1-3H3. The summed E-state index contributed by atoms with van der Waals surface area (Å²) >= 11 is 0. The molecule has 0 saturated heterocycles. The Labute approximate surface area is 166 Å². The van der Waals surface area contributed by atoms with Crippen LogP contribution in [0.3, 0.4) is 0 Å². The fraction of sp³-hybridized carbons (Fsp3) is 0.120. The van der Waals surface area contributed by atoms with E-state index in [1.165, 1.54) is 0 Å². The quantitative estimate of drug-likeness (QED) is 0.466. The van der Waals surface area contributed by atoms with Gasteiger partial charge in [0.25, 0.3) is 5.56 Å². The molecule has 0 saturated carbocycles. The molecular weight excluding hydrogens is 360 g/mol. The third-order valence-electron chi connectivity index (χ3n) is 5.60. The summed E-state index contributed by atoms with van der Waals surface area (Å²) in [6, 6.07) is 19.2. The molecule has 2 aliphatic rings. The minimum absolute atomic E-state index is 0.196. The molecule has 0 unspecified atom stereocenters. The van der Waals surface area contributed by atoms with Crippen LogP contribution >= 0.6 is 0 Å². The lowest BCUT2D eigenvalue weighted by atomic mass is 10.0. The van der Waals surface area contributed by atoms with Gasteiger partial charge >= 0.3 is 0 Å². The molecule has 0 aromatic heterocycles. The first kappa shape index (κ1) is 17.4. The van der Waals surface area contributed by atoms with Gasteiger partial charge in [0, 0.05) is 10.8 Å². The lowest BCUT2D eigenvalue weighted by Crippen LogP contribution is -2.23. The van der Waals surface area contributed by atoms with E-state index in [2.05, 4.69) is 17.1 Å². The molecule has 0 fully saturated rings. The van der Waals surface area contributed by atoms with Gasteiger partial charge in [-0.25, -0.2) is 0 Å². The Balaban J connectivity index is 2.16. The highest BCUT2D eigenvalue weighted by atomic mass is 16.1. The monoisotopic (exact) mass is 380 g/mol. The zero-order valence-corrected chi connectivity index (χ0v) is 16.5. The van der Waals surface area contributed by atoms with Gasteiger partial charge in [0.05, 0.1) is 22.1 Å². The van der Waals surface area contributed by atoms with E-state index in [0.717, 1.165) is 38.8 Å². The van der Waals surface area contributed by atoms with Crippen LogP contribution in [0.4, 0.5) is 0 Å². The predicted octanol–water partition coefficient (Wildman–Crippen LogP) is 4.48. The Bertz CT molecular complexity index is 1600. The zero-order chi connectivity index (χ0) is 20.3. The molecule has 0 radical (unpaired) electrons. The van der Waals surface area contributed by atoms with Crippen LogP contribution in [0.1, 0.15) is 16.7 Å². The molecule has 4 heteroatoms. The van der Waals surface area contributed by atoms with Crippen LogP contribution in [-0.4, -0.2) is 9.55 Å². The van der Waals surface area contributed by atoms with E-state index in [9.17, 15) is 9.59 Å². The van der Waals surface area contributed by atoms with Crippen molar-refractivity contribution in [2.45, 2.75) is 20.8 Å². The number of H-pyrrole nitrogens is 1. The van der Waals surface area contributed by atoms with Crippen molar-refractivity contribution < 1.29 is 0 Å². The minimum atomic E-state index is -0.297. The first-order chi connectivity index (χ1) is 14.0. The van der Waals surface area contributed by atoms with E-state index in [4.69, 9.17) is 0 Å². The number of nitrogens with one attached hydrogen (secondary N) is 1. The van der Waals surface area contributed by atoms with Crippen molar-refractivity contribution in [3.63, 3.8) is 0 Å².